The van der Waals surface area contributed by atoms with Crippen molar-refractivity contribution in [1.82, 2.24) is 4.90 Å². The van der Waals surface area contributed by atoms with Gasteiger partial charge in [0.15, 0.2) is 17.3 Å². The number of hydrogen-bond acceptors (Lipinski definition) is 5. The van der Waals surface area contributed by atoms with Crippen molar-refractivity contribution in [2.45, 2.75) is 0 Å². The van der Waals surface area contributed by atoms with Crippen molar-refractivity contribution in [2.24, 2.45) is 0 Å². The van der Waals surface area contributed by atoms with Crippen molar-refractivity contribution in [2.75, 3.05) is 34.9 Å². The van der Waals surface area contributed by atoms with Crippen LogP contribution in [0.5, 0.6) is 17.2 Å². The number of likely N-dealkylation sites (N-methyl/N-ethyl adjacent to an activating group) is 1. The Balaban J connectivity index is 3.12. The third-order valence-electron chi connectivity index (χ3n) is 2.26. The smallest absolute Gasteiger partial charge is 0.200 e. The van der Waals surface area contributed by atoms with E-state index in [9.17, 15) is 9.90 Å². The Hall–Kier alpha value is -1.75. The van der Waals surface area contributed by atoms with Crippen LogP contribution in [-0.2, 0) is 0 Å². The lowest BCUT2D eigenvalue weighted by Crippen LogP contribution is -2.21. The van der Waals surface area contributed by atoms with E-state index in [0.717, 1.165) is 0 Å². The molecule has 0 aliphatic rings. The quantitative estimate of drug-likeness (QED) is 0.781. The van der Waals surface area contributed by atoms with Crippen molar-refractivity contribution in [3.63, 3.8) is 0 Å². The van der Waals surface area contributed by atoms with Crippen LogP contribution in [0.25, 0.3) is 0 Å². The summed E-state index contributed by atoms with van der Waals surface area (Å²) in [6.07, 6.45) is 0. The molecule has 1 N–H and O–H groups in total. The first-order chi connectivity index (χ1) is 7.99. The number of aromatic hydroxyl groups is 1. The van der Waals surface area contributed by atoms with E-state index in [4.69, 9.17) is 9.47 Å². The fourth-order valence-corrected chi connectivity index (χ4v) is 1.43. The zero-order valence-electron chi connectivity index (χ0n) is 10.5. The number of methoxy groups -OCH3 is 2. The van der Waals surface area contributed by atoms with Gasteiger partial charge in [0.1, 0.15) is 0 Å². The fourth-order valence-electron chi connectivity index (χ4n) is 1.43. The Morgan fingerprint density at radius 3 is 2.06 bits per heavy atom. The van der Waals surface area contributed by atoms with Crippen LogP contribution in [0, 0.1) is 0 Å². The summed E-state index contributed by atoms with van der Waals surface area (Å²) in [6.45, 7) is 0.289. The molecule has 0 heterocycles. The fraction of sp³-hybridized carbons (Fsp3) is 0.417. The molecule has 5 heteroatoms. The van der Waals surface area contributed by atoms with Crippen LogP contribution >= 0.6 is 0 Å². The largest absolute Gasteiger partial charge is 0.502 e. The highest BCUT2D eigenvalue weighted by Crippen LogP contribution is 2.37. The van der Waals surface area contributed by atoms with Gasteiger partial charge in [-0.05, 0) is 26.2 Å². The average Bonchev–Trinajstić information content (AvgIpc) is 2.28. The van der Waals surface area contributed by atoms with Gasteiger partial charge < -0.3 is 19.5 Å². The predicted octanol–water partition coefficient (Wildman–Crippen LogP) is 1.15. The van der Waals surface area contributed by atoms with Crippen LogP contribution < -0.4 is 9.47 Å². The van der Waals surface area contributed by atoms with Gasteiger partial charge in [-0.25, -0.2) is 0 Å². The molecule has 0 amide bonds. The molecule has 0 aromatic heterocycles. The third kappa shape index (κ3) is 3.10. The topological polar surface area (TPSA) is 59.0 Å². The van der Waals surface area contributed by atoms with E-state index in [2.05, 4.69) is 0 Å². The van der Waals surface area contributed by atoms with Gasteiger partial charge in [-0.3, -0.25) is 4.79 Å². The minimum absolute atomic E-state index is 0.0633. The van der Waals surface area contributed by atoms with Gasteiger partial charge >= 0.3 is 0 Å². The number of Topliss-reactive ketones (excluding diaryl/α,β-unsaturated/α-hetero) is 1. The van der Waals surface area contributed by atoms with Crippen LogP contribution in [-0.4, -0.2) is 50.6 Å². The minimum atomic E-state index is -0.101. The van der Waals surface area contributed by atoms with Crippen molar-refractivity contribution >= 4 is 5.78 Å². The van der Waals surface area contributed by atoms with Gasteiger partial charge in [0.2, 0.25) is 5.75 Å². The number of carbonyl (C=O) groups excluding carboxylic acids is 1. The molecular weight excluding hydrogens is 222 g/mol. The molecule has 0 fully saturated rings. The number of ketones is 1. The molecule has 0 aliphatic heterocycles. The lowest BCUT2D eigenvalue weighted by atomic mass is 10.1. The zero-order valence-corrected chi connectivity index (χ0v) is 10.5. The molecule has 0 saturated carbocycles. The van der Waals surface area contributed by atoms with E-state index in [1.54, 1.807) is 4.90 Å². The van der Waals surface area contributed by atoms with E-state index in [0.29, 0.717) is 5.56 Å². The second-order valence-electron chi connectivity index (χ2n) is 3.89. The minimum Gasteiger partial charge on any atom is -0.502 e. The Kier molecular flexibility index (Phi) is 4.34. The van der Waals surface area contributed by atoms with Crippen LogP contribution in [0.1, 0.15) is 10.4 Å². The normalized spacial score (nSPS) is 10.4. The Morgan fingerprint density at radius 2 is 1.71 bits per heavy atom. The summed E-state index contributed by atoms with van der Waals surface area (Å²) in [5.41, 5.74) is 0.449. The second kappa shape index (κ2) is 5.54. The van der Waals surface area contributed by atoms with Gasteiger partial charge in [-0.15, -0.1) is 0 Å². The van der Waals surface area contributed by atoms with Gasteiger partial charge in [-0.2, -0.15) is 0 Å². The first kappa shape index (κ1) is 13.3. The number of carbonyl (C=O) groups is 1. The van der Waals surface area contributed by atoms with Crippen LogP contribution in [0.3, 0.4) is 0 Å². The number of hydrogen-bond donors (Lipinski definition) is 1. The number of phenolic OH excluding ortho intramolecular Hbond substituents is 1. The highest BCUT2D eigenvalue weighted by atomic mass is 16.5. The van der Waals surface area contributed by atoms with Crippen molar-refractivity contribution in [3.05, 3.63) is 17.7 Å². The summed E-state index contributed by atoms with van der Waals surface area (Å²) in [4.78, 5) is 13.6. The van der Waals surface area contributed by atoms with Crippen LogP contribution in [0.15, 0.2) is 12.1 Å². The molecule has 1 aromatic carbocycles. The van der Waals surface area contributed by atoms with Crippen LogP contribution in [0.2, 0.25) is 0 Å². The maximum Gasteiger partial charge on any atom is 0.200 e. The number of nitrogens with zero attached hydrogens (tertiary/aromatic N) is 1. The molecule has 5 nitrogen and oxygen atoms in total. The maximum absolute atomic E-state index is 11.9. The Morgan fingerprint density at radius 1 is 1.24 bits per heavy atom. The van der Waals surface area contributed by atoms with Crippen LogP contribution in [0.4, 0.5) is 0 Å². The van der Waals surface area contributed by atoms with Gasteiger partial charge in [0.05, 0.1) is 20.8 Å². The van der Waals surface area contributed by atoms with E-state index in [-0.39, 0.29) is 29.6 Å². The van der Waals surface area contributed by atoms with E-state index in [1.165, 1.54) is 26.4 Å². The molecule has 0 unspecified atom stereocenters. The molecule has 0 atom stereocenters. The second-order valence-corrected chi connectivity index (χ2v) is 3.89. The standard InChI is InChI=1S/C12H17NO4/c1-13(2)7-9(14)8-5-10(16-3)12(15)11(6-8)17-4/h5-6,15H,7H2,1-4H3. The number of ether oxygens (including phenoxy) is 2. The summed E-state index contributed by atoms with van der Waals surface area (Å²) in [6, 6.07) is 3.01. The van der Waals surface area contributed by atoms with E-state index < -0.39 is 0 Å². The average molecular weight is 239 g/mol. The maximum atomic E-state index is 11.9. The lowest BCUT2D eigenvalue weighted by Gasteiger charge is -2.12. The Bertz CT molecular complexity index is 390. The molecule has 0 spiro atoms. The zero-order chi connectivity index (χ0) is 13.0. The third-order valence-corrected chi connectivity index (χ3v) is 2.26. The number of benzene rings is 1. The highest BCUT2D eigenvalue weighted by Gasteiger charge is 2.15. The van der Waals surface area contributed by atoms with E-state index >= 15 is 0 Å². The van der Waals surface area contributed by atoms with Gasteiger partial charge in [-0.1, -0.05) is 0 Å². The van der Waals surface area contributed by atoms with Crippen molar-refractivity contribution < 1.29 is 19.4 Å². The molecule has 17 heavy (non-hydrogen) atoms. The molecule has 94 valence electrons. The Labute approximate surface area is 101 Å². The number of phenols is 1. The monoisotopic (exact) mass is 239 g/mol. The number of rotatable bonds is 5. The summed E-state index contributed by atoms with van der Waals surface area (Å²) in [7, 11) is 6.48. The molecule has 1 rings (SSSR count). The molecule has 0 saturated heterocycles. The summed E-state index contributed by atoms with van der Waals surface area (Å²) in [5.74, 6) is 0.293. The summed E-state index contributed by atoms with van der Waals surface area (Å²) in [5, 5.41) is 9.71. The molecule has 0 radical (unpaired) electrons. The predicted molar refractivity (Wildman–Crippen MR) is 64.1 cm³/mol. The van der Waals surface area contributed by atoms with Crippen molar-refractivity contribution in [3.8, 4) is 17.2 Å². The first-order valence-corrected chi connectivity index (χ1v) is 5.12. The molecule has 0 aliphatic carbocycles. The van der Waals surface area contributed by atoms with Gasteiger partial charge in [0.25, 0.3) is 0 Å². The molecule has 0 bridgehead atoms. The van der Waals surface area contributed by atoms with E-state index in [1.807, 2.05) is 14.1 Å². The summed E-state index contributed by atoms with van der Waals surface area (Å²) < 4.78 is 9.97. The van der Waals surface area contributed by atoms with Gasteiger partial charge in [0, 0.05) is 5.56 Å². The SMILES string of the molecule is COc1cc(C(=O)CN(C)C)cc(OC)c1O. The first-order valence-electron chi connectivity index (χ1n) is 5.12. The van der Waals surface area contributed by atoms with Crippen molar-refractivity contribution in [1.29, 1.82) is 0 Å². The molecular formula is C12H17NO4. The highest BCUT2D eigenvalue weighted by molar-refractivity contribution is 5.98. The molecule has 1 aromatic rings. The summed E-state index contributed by atoms with van der Waals surface area (Å²) >= 11 is 0. The lowest BCUT2D eigenvalue weighted by molar-refractivity contribution is 0.0957.